The summed E-state index contributed by atoms with van der Waals surface area (Å²) in [6, 6.07) is 6.34. The molecular weight excluding hydrogens is 246 g/mol. The Morgan fingerprint density at radius 3 is 2.58 bits per heavy atom. The molecule has 0 bridgehead atoms. The third-order valence-electron chi connectivity index (χ3n) is 2.46. The number of nitrogens with one attached hydrogen (secondary N) is 1. The third kappa shape index (κ3) is 3.12. The topological polar surface area (TPSA) is 92.2 Å². The lowest BCUT2D eigenvalue weighted by Crippen LogP contribution is -2.26. The molecule has 0 aliphatic heterocycles. The molecule has 0 aliphatic rings. The Labute approximate surface area is 109 Å². The molecule has 2 aromatic heterocycles. The van der Waals surface area contributed by atoms with E-state index in [0.717, 1.165) is 5.56 Å². The van der Waals surface area contributed by atoms with Crippen molar-refractivity contribution in [2.75, 3.05) is 0 Å². The van der Waals surface area contributed by atoms with Crippen LogP contribution in [0.25, 0.3) is 0 Å². The highest BCUT2D eigenvalue weighted by Crippen LogP contribution is 2.05. The van der Waals surface area contributed by atoms with Crippen molar-refractivity contribution in [3.05, 3.63) is 59.7 Å². The van der Waals surface area contributed by atoms with Gasteiger partial charge in [0.25, 0.3) is 5.91 Å². The van der Waals surface area contributed by atoms with Crippen molar-refractivity contribution in [2.45, 2.75) is 6.54 Å². The highest BCUT2D eigenvalue weighted by atomic mass is 16.4. The van der Waals surface area contributed by atoms with Crippen LogP contribution in [0.15, 0.2) is 42.9 Å². The SMILES string of the molecule is O=C(O)c1cccnc1C(=O)NCc1ccncc1. The highest BCUT2D eigenvalue weighted by molar-refractivity contribution is 6.03. The minimum atomic E-state index is -1.18. The first-order valence-corrected chi connectivity index (χ1v) is 5.54. The molecule has 96 valence electrons. The van der Waals surface area contributed by atoms with Crippen LogP contribution in [0.3, 0.4) is 0 Å². The third-order valence-corrected chi connectivity index (χ3v) is 2.46. The Bertz CT molecular complexity index is 599. The van der Waals surface area contributed by atoms with Gasteiger partial charge >= 0.3 is 5.97 Å². The second-order valence-corrected chi connectivity index (χ2v) is 3.74. The summed E-state index contributed by atoms with van der Waals surface area (Å²) in [7, 11) is 0. The molecule has 0 unspecified atom stereocenters. The summed E-state index contributed by atoms with van der Waals surface area (Å²) in [5.74, 6) is -1.70. The van der Waals surface area contributed by atoms with Gasteiger partial charge < -0.3 is 10.4 Å². The Morgan fingerprint density at radius 1 is 1.16 bits per heavy atom. The van der Waals surface area contributed by atoms with Crippen LogP contribution in [-0.2, 0) is 6.54 Å². The van der Waals surface area contributed by atoms with Gasteiger partial charge in [-0.3, -0.25) is 14.8 Å². The monoisotopic (exact) mass is 257 g/mol. The van der Waals surface area contributed by atoms with E-state index in [2.05, 4.69) is 15.3 Å². The summed E-state index contributed by atoms with van der Waals surface area (Å²) in [5.41, 5.74) is 0.662. The standard InChI is InChI=1S/C13H11N3O3/c17-12(16-8-9-3-6-14-7-4-9)11-10(13(18)19)2-1-5-15-11/h1-7H,8H2,(H,16,17)(H,18,19). The maximum absolute atomic E-state index is 11.9. The van der Waals surface area contributed by atoms with Gasteiger partial charge in [-0.1, -0.05) is 0 Å². The van der Waals surface area contributed by atoms with E-state index >= 15 is 0 Å². The van der Waals surface area contributed by atoms with Crippen molar-refractivity contribution < 1.29 is 14.7 Å². The first-order valence-electron chi connectivity index (χ1n) is 5.54. The van der Waals surface area contributed by atoms with Crippen LogP contribution < -0.4 is 5.32 Å². The van der Waals surface area contributed by atoms with Gasteiger partial charge in [-0.25, -0.2) is 4.79 Å². The van der Waals surface area contributed by atoms with Crippen molar-refractivity contribution in [1.82, 2.24) is 15.3 Å². The number of hydrogen-bond acceptors (Lipinski definition) is 4. The summed E-state index contributed by atoms with van der Waals surface area (Å²) in [5, 5.41) is 11.6. The summed E-state index contributed by atoms with van der Waals surface area (Å²) in [6.07, 6.45) is 4.61. The van der Waals surface area contributed by atoms with Gasteiger partial charge in [0.1, 0.15) is 5.69 Å². The van der Waals surface area contributed by atoms with E-state index < -0.39 is 11.9 Å². The molecule has 0 aliphatic carbocycles. The van der Waals surface area contributed by atoms with Gasteiger partial charge in [0, 0.05) is 25.1 Å². The van der Waals surface area contributed by atoms with Gasteiger partial charge in [-0.2, -0.15) is 0 Å². The zero-order valence-corrected chi connectivity index (χ0v) is 9.91. The number of amides is 1. The Balaban J connectivity index is 2.10. The number of carboxylic acid groups (broad SMARTS) is 1. The molecule has 6 heteroatoms. The quantitative estimate of drug-likeness (QED) is 0.855. The summed E-state index contributed by atoms with van der Waals surface area (Å²) >= 11 is 0. The number of aromatic nitrogens is 2. The zero-order chi connectivity index (χ0) is 13.7. The molecule has 2 N–H and O–H groups in total. The molecule has 2 heterocycles. The molecule has 0 spiro atoms. The number of pyridine rings is 2. The first kappa shape index (κ1) is 12.7. The van der Waals surface area contributed by atoms with E-state index in [1.165, 1.54) is 18.3 Å². The zero-order valence-electron chi connectivity index (χ0n) is 9.91. The summed E-state index contributed by atoms with van der Waals surface area (Å²) in [4.78, 5) is 30.5. The number of nitrogens with zero attached hydrogens (tertiary/aromatic N) is 2. The molecule has 0 radical (unpaired) electrons. The van der Waals surface area contributed by atoms with Gasteiger partial charge in [-0.05, 0) is 29.8 Å². The molecule has 0 fully saturated rings. The second kappa shape index (κ2) is 5.72. The van der Waals surface area contributed by atoms with Crippen LogP contribution in [0, 0.1) is 0 Å². The maximum Gasteiger partial charge on any atom is 0.338 e. The largest absolute Gasteiger partial charge is 0.478 e. The molecule has 6 nitrogen and oxygen atoms in total. The van der Waals surface area contributed by atoms with E-state index in [0.29, 0.717) is 0 Å². The number of carbonyl (C=O) groups excluding carboxylic acids is 1. The number of hydrogen-bond donors (Lipinski definition) is 2. The fourth-order valence-electron chi connectivity index (χ4n) is 1.53. The van der Waals surface area contributed by atoms with Crippen molar-refractivity contribution >= 4 is 11.9 Å². The average Bonchev–Trinajstić information content (AvgIpc) is 2.46. The smallest absolute Gasteiger partial charge is 0.338 e. The predicted octanol–water partition coefficient (Wildman–Crippen LogP) is 1.10. The lowest BCUT2D eigenvalue weighted by molar-refractivity contribution is 0.0690. The van der Waals surface area contributed by atoms with E-state index in [9.17, 15) is 9.59 Å². The molecule has 19 heavy (non-hydrogen) atoms. The number of aromatic carboxylic acids is 1. The average molecular weight is 257 g/mol. The fraction of sp³-hybridized carbons (Fsp3) is 0.0769. The number of carbonyl (C=O) groups is 2. The van der Waals surface area contributed by atoms with Crippen LogP contribution in [0.5, 0.6) is 0 Å². The molecule has 2 aromatic rings. The Morgan fingerprint density at radius 2 is 1.89 bits per heavy atom. The fourth-order valence-corrected chi connectivity index (χ4v) is 1.53. The van der Waals surface area contributed by atoms with Crippen LogP contribution in [0.2, 0.25) is 0 Å². The van der Waals surface area contributed by atoms with Gasteiger partial charge in [0.05, 0.1) is 5.56 Å². The molecule has 0 atom stereocenters. The van der Waals surface area contributed by atoms with E-state index in [-0.39, 0.29) is 17.8 Å². The van der Waals surface area contributed by atoms with E-state index in [1.807, 2.05) is 0 Å². The molecule has 2 rings (SSSR count). The normalized spacial score (nSPS) is 9.89. The maximum atomic E-state index is 11.9. The molecular formula is C13H11N3O3. The predicted molar refractivity (Wildman–Crippen MR) is 66.6 cm³/mol. The first-order chi connectivity index (χ1) is 9.18. The molecule has 0 saturated carbocycles. The van der Waals surface area contributed by atoms with Crippen molar-refractivity contribution in [3.63, 3.8) is 0 Å². The summed E-state index contributed by atoms with van der Waals surface area (Å²) in [6.45, 7) is 0.289. The van der Waals surface area contributed by atoms with E-state index in [1.54, 1.807) is 24.5 Å². The summed E-state index contributed by atoms with van der Waals surface area (Å²) < 4.78 is 0. The minimum Gasteiger partial charge on any atom is -0.478 e. The second-order valence-electron chi connectivity index (χ2n) is 3.74. The Hall–Kier alpha value is -2.76. The van der Waals surface area contributed by atoms with Gasteiger partial charge in [-0.15, -0.1) is 0 Å². The van der Waals surface area contributed by atoms with Gasteiger partial charge in [0.15, 0.2) is 0 Å². The van der Waals surface area contributed by atoms with E-state index in [4.69, 9.17) is 5.11 Å². The lowest BCUT2D eigenvalue weighted by atomic mass is 10.2. The lowest BCUT2D eigenvalue weighted by Gasteiger charge is -2.06. The van der Waals surface area contributed by atoms with Crippen LogP contribution >= 0.6 is 0 Å². The minimum absolute atomic E-state index is 0.0935. The van der Waals surface area contributed by atoms with Crippen molar-refractivity contribution in [2.24, 2.45) is 0 Å². The van der Waals surface area contributed by atoms with Gasteiger partial charge in [0.2, 0.25) is 0 Å². The van der Waals surface area contributed by atoms with Crippen molar-refractivity contribution in [1.29, 1.82) is 0 Å². The Kier molecular flexibility index (Phi) is 3.82. The molecule has 0 saturated heterocycles. The van der Waals surface area contributed by atoms with Crippen LogP contribution in [-0.4, -0.2) is 27.0 Å². The number of rotatable bonds is 4. The molecule has 0 aromatic carbocycles. The van der Waals surface area contributed by atoms with Crippen LogP contribution in [0.1, 0.15) is 26.4 Å². The van der Waals surface area contributed by atoms with Crippen LogP contribution in [0.4, 0.5) is 0 Å². The number of carboxylic acids is 1. The molecule has 1 amide bonds. The van der Waals surface area contributed by atoms with Crippen molar-refractivity contribution in [3.8, 4) is 0 Å². The highest BCUT2D eigenvalue weighted by Gasteiger charge is 2.16.